The lowest BCUT2D eigenvalue weighted by Crippen LogP contribution is -2.42. The monoisotopic (exact) mass is 352 g/mol. The van der Waals surface area contributed by atoms with Crippen LogP contribution in [-0.4, -0.2) is 34.6 Å². The maximum absolute atomic E-state index is 12.9. The molecular weight excluding hydrogens is 320 g/mol. The summed E-state index contributed by atoms with van der Waals surface area (Å²) >= 11 is 2.83. The van der Waals surface area contributed by atoms with Crippen molar-refractivity contribution < 1.29 is 26.0 Å². The smallest absolute Gasteiger partial charge is 0.410 e. The Balaban J connectivity index is 3.01. The maximum Gasteiger partial charge on any atom is 0.410 e. The molecule has 0 spiro atoms. The van der Waals surface area contributed by atoms with Crippen molar-refractivity contribution in [3.63, 3.8) is 0 Å². The molecule has 20 heavy (non-hydrogen) atoms. The van der Waals surface area contributed by atoms with Crippen molar-refractivity contribution in [3.8, 4) is 0 Å². The number of piperidine rings is 1. The number of aromatic nitrogens is 1. The average Bonchev–Trinajstić information content (AvgIpc) is 2.55. The van der Waals surface area contributed by atoms with E-state index in [0.29, 0.717) is 0 Å². The van der Waals surface area contributed by atoms with Gasteiger partial charge in [0.15, 0.2) is 0 Å². The molecule has 110 valence electrons. The predicted molar refractivity (Wildman–Crippen MR) is 81.7 cm³/mol. The molecule has 0 N–H and O–H groups in total. The third-order valence-corrected chi connectivity index (χ3v) is 2.34. The molecule has 0 aromatic carbocycles. The third kappa shape index (κ3) is 4.20. The fourth-order valence-electron chi connectivity index (χ4n) is 1.22. The van der Waals surface area contributed by atoms with E-state index in [1.807, 2.05) is 0 Å². The molecule has 2 heterocycles. The van der Waals surface area contributed by atoms with Crippen LogP contribution >= 0.6 is 15.9 Å². The molecule has 4 nitrogen and oxygen atoms in total. The van der Waals surface area contributed by atoms with Crippen LogP contribution < -0.4 is 0 Å². The summed E-state index contributed by atoms with van der Waals surface area (Å²) in [6.45, 7) is -3.21. The molecule has 0 bridgehead atoms. The van der Waals surface area contributed by atoms with Gasteiger partial charge in [0.05, 0.1) is 6.85 Å². The van der Waals surface area contributed by atoms with E-state index in [4.69, 9.17) is 21.2 Å². The molecule has 1 amide bonds. The van der Waals surface area contributed by atoms with Crippen molar-refractivity contribution >= 4 is 22.0 Å². The average molecular weight is 353 g/mol. The van der Waals surface area contributed by atoms with Crippen molar-refractivity contribution in [3.05, 3.63) is 28.4 Å². The van der Waals surface area contributed by atoms with Gasteiger partial charge in [-0.1, -0.05) is 6.04 Å². The summed E-state index contributed by atoms with van der Waals surface area (Å²) < 4.78 is 104. The molecule has 1 saturated heterocycles. The zero-order chi connectivity index (χ0) is 25.5. The van der Waals surface area contributed by atoms with Gasteiger partial charge >= 0.3 is 6.09 Å². The zero-order valence-corrected chi connectivity index (χ0v) is 12.7. The number of likely N-dealkylation sites (tertiary alicyclic amines) is 1. The molecule has 0 radical (unpaired) electrons. The molecular formula is C15H21BrN2O2. The quantitative estimate of drug-likeness (QED) is 0.718. The van der Waals surface area contributed by atoms with Crippen molar-refractivity contribution in [2.24, 2.45) is 0 Å². The van der Waals surface area contributed by atoms with Gasteiger partial charge in [-0.15, -0.1) is 0 Å². The highest BCUT2D eigenvalue weighted by Crippen LogP contribution is 2.27. The molecule has 5 heteroatoms. The van der Waals surface area contributed by atoms with E-state index >= 15 is 0 Å². The van der Waals surface area contributed by atoms with Crippen molar-refractivity contribution in [2.75, 3.05) is 13.0 Å². The summed E-state index contributed by atoms with van der Waals surface area (Å²) in [4.78, 5) is 16.1. The second-order valence-corrected chi connectivity index (χ2v) is 5.55. The van der Waals surface area contributed by atoms with Crippen LogP contribution in [0.3, 0.4) is 0 Å². The summed E-state index contributed by atoms with van der Waals surface area (Å²) in [6.07, 6.45) is -10.2. The Morgan fingerprint density at radius 3 is 3.10 bits per heavy atom. The van der Waals surface area contributed by atoms with Crippen LogP contribution in [0.25, 0.3) is 0 Å². The molecule has 1 aromatic heterocycles. The van der Waals surface area contributed by atoms with Gasteiger partial charge < -0.3 is 9.64 Å². The maximum atomic E-state index is 12.9. The van der Waals surface area contributed by atoms with Crippen LogP contribution in [0.2, 0.25) is 0 Å². The van der Waals surface area contributed by atoms with E-state index in [0.717, 1.165) is 0 Å². The van der Waals surface area contributed by atoms with E-state index < -0.39 is 67.1 Å². The summed E-state index contributed by atoms with van der Waals surface area (Å²) in [5, 5.41) is 0. The SMILES string of the molecule is [2H]c1nc(Br)c([2H])c([2H])c1C1([2H])C([2H])([2H])N(C(=O)OC(C)(C)C)C([2H])([2H])C([2H])([2H])C1([2H])[2H]. The van der Waals surface area contributed by atoms with Crippen LogP contribution in [0.15, 0.2) is 22.9 Å². The van der Waals surface area contributed by atoms with E-state index in [1.165, 1.54) is 20.8 Å². The molecule has 1 aliphatic heterocycles. The first-order chi connectivity index (χ1) is 14.0. The molecule has 1 fully saturated rings. The highest BCUT2D eigenvalue weighted by Gasteiger charge is 2.28. The Hall–Kier alpha value is -1.10. The van der Waals surface area contributed by atoms with Gasteiger partial charge in [-0.2, -0.15) is 0 Å². The second-order valence-electron chi connectivity index (χ2n) is 4.80. The summed E-state index contributed by atoms with van der Waals surface area (Å²) in [7, 11) is 0. The Morgan fingerprint density at radius 2 is 2.40 bits per heavy atom. The molecule has 0 aliphatic carbocycles. The lowest BCUT2D eigenvalue weighted by Gasteiger charge is -2.34. The number of pyridine rings is 1. The minimum absolute atomic E-state index is 0.320. The summed E-state index contributed by atoms with van der Waals surface area (Å²) in [5.74, 6) is -3.61. The fraction of sp³-hybridized carbons (Fsp3) is 0.600. The number of nitrogens with zero attached hydrogens (tertiary/aromatic N) is 2. The number of hydrogen-bond acceptors (Lipinski definition) is 3. The number of halogens is 1. The first-order valence-corrected chi connectivity index (χ1v) is 6.46. The van der Waals surface area contributed by atoms with E-state index in [1.54, 1.807) is 0 Å². The van der Waals surface area contributed by atoms with Crippen molar-refractivity contribution in [1.29, 1.82) is 0 Å². The van der Waals surface area contributed by atoms with Gasteiger partial charge in [0.2, 0.25) is 0 Å². The number of amides is 1. The van der Waals surface area contributed by atoms with Crippen LogP contribution in [0.4, 0.5) is 4.79 Å². The number of carbonyl (C=O) groups excluding carboxylic acids is 1. The Bertz CT molecular complexity index is 965. The normalized spacial score (nSPS) is 42.3. The van der Waals surface area contributed by atoms with Crippen LogP contribution in [0.1, 0.15) is 61.4 Å². The van der Waals surface area contributed by atoms with Crippen LogP contribution in [-0.2, 0) is 4.74 Å². The molecule has 0 saturated carbocycles. The fourth-order valence-corrected chi connectivity index (χ4v) is 1.41. The molecule has 1 atom stereocenters. The van der Waals surface area contributed by atoms with Crippen molar-refractivity contribution in [2.45, 2.75) is 45.0 Å². The molecule has 1 aromatic rings. The molecule has 1 unspecified atom stereocenters. The van der Waals surface area contributed by atoms with Crippen LogP contribution in [0.5, 0.6) is 0 Å². The topological polar surface area (TPSA) is 42.4 Å². The summed E-state index contributed by atoms with van der Waals surface area (Å²) in [6, 6.07) is -1.73. The molecule has 1 aliphatic rings. The third-order valence-electron chi connectivity index (χ3n) is 1.96. The second kappa shape index (κ2) is 6.12. The Morgan fingerprint density at radius 1 is 1.65 bits per heavy atom. The number of rotatable bonds is 1. The van der Waals surface area contributed by atoms with Gasteiger partial charge in [-0.25, -0.2) is 9.78 Å². The van der Waals surface area contributed by atoms with Gasteiger partial charge in [0.1, 0.15) is 10.2 Å². The van der Waals surface area contributed by atoms with Gasteiger partial charge in [-0.05, 0) is 61.1 Å². The standard InChI is InChI=1S/C15H21BrN2O2/c1-15(2,3)20-14(19)18-8-4-5-12(10-18)11-6-7-13(16)17-9-11/h6-7,9,12H,4-5,8,10H2,1-3H3/i4D2,5D2,6D,7D,8D2,9D,10D2,12D. The number of carbonyl (C=O) groups is 1. The first kappa shape index (κ1) is 5.95. The van der Waals surface area contributed by atoms with E-state index in [-0.39, 0.29) is 9.50 Å². The van der Waals surface area contributed by atoms with E-state index in [2.05, 4.69) is 20.9 Å². The van der Waals surface area contributed by atoms with Crippen LogP contribution in [0, 0.1) is 0 Å². The highest BCUT2D eigenvalue weighted by atomic mass is 79.9. The first-order valence-electron chi connectivity index (χ1n) is 11.7. The largest absolute Gasteiger partial charge is 0.444 e. The molecule has 2 rings (SSSR count). The zero-order valence-electron chi connectivity index (χ0n) is 23.1. The number of hydrogen-bond donors (Lipinski definition) is 0. The predicted octanol–water partition coefficient (Wildman–Crippen LogP) is 3.96. The van der Waals surface area contributed by atoms with Gasteiger partial charge in [0.25, 0.3) is 0 Å². The van der Waals surface area contributed by atoms with Gasteiger partial charge in [0, 0.05) is 34.7 Å². The lowest BCUT2D eigenvalue weighted by molar-refractivity contribution is 0.0198. The Labute approximate surface area is 145 Å². The van der Waals surface area contributed by atoms with E-state index in [9.17, 15) is 4.79 Å². The number of ether oxygens (including phenoxy) is 1. The van der Waals surface area contributed by atoms with Gasteiger partial charge in [-0.3, -0.25) is 0 Å². The Kier molecular flexibility index (Phi) is 1.82. The minimum atomic E-state index is -3.76. The summed E-state index contributed by atoms with van der Waals surface area (Å²) in [5.41, 5.74) is -2.40. The highest BCUT2D eigenvalue weighted by molar-refractivity contribution is 9.10. The lowest BCUT2D eigenvalue weighted by atomic mass is 9.92. The minimum Gasteiger partial charge on any atom is -0.444 e. The van der Waals surface area contributed by atoms with Crippen molar-refractivity contribution in [1.82, 2.24) is 9.88 Å².